The molecule has 0 spiro atoms. The van der Waals surface area contributed by atoms with Crippen LogP contribution in [0.15, 0.2) is 18.3 Å². The molecule has 0 saturated heterocycles. The van der Waals surface area contributed by atoms with E-state index in [0.29, 0.717) is 24.5 Å². The molecular weight excluding hydrogens is 246 g/mol. The lowest BCUT2D eigenvalue weighted by Crippen LogP contribution is -2.31. The Kier molecular flexibility index (Phi) is 5.78. The van der Waals surface area contributed by atoms with Crippen molar-refractivity contribution in [3.05, 3.63) is 23.9 Å². The molecule has 1 heterocycles. The number of amides is 1. The topological polar surface area (TPSA) is 82.5 Å². The van der Waals surface area contributed by atoms with Crippen LogP contribution in [-0.4, -0.2) is 41.6 Å². The molecule has 6 nitrogen and oxygen atoms in total. The summed E-state index contributed by atoms with van der Waals surface area (Å²) >= 11 is 0. The average Bonchev–Trinajstić information content (AvgIpc) is 2.38. The molecule has 1 rings (SSSR count). The molecule has 6 heteroatoms. The van der Waals surface area contributed by atoms with Crippen molar-refractivity contribution < 1.29 is 14.7 Å². The number of aromatic nitrogens is 1. The lowest BCUT2D eigenvalue weighted by molar-refractivity contribution is -0.135. The van der Waals surface area contributed by atoms with E-state index < -0.39 is 5.97 Å². The summed E-state index contributed by atoms with van der Waals surface area (Å²) < 4.78 is 0. The van der Waals surface area contributed by atoms with Crippen LogP contribution in [-0.2, 0) is 4.79 Å². The molecule has 0 aliphatic carbocycles. The molecular formula is C13H19N3O3. The Morgan fingerprint density at radius 1 is 1.37 bits per heavy atom. The Balaban J connectivity index is 2.82. The van der Waals surface area contributed by atoms with Crippen LogP contribution in [0.5, 0.6) is 0 Å². The first-order valence-electron chi connectivity index (χ1n) is 6.29. The van der Waals surface area contributed by atoms with Gasteiger partial charge in [0.05, 0.1) is 5.56 Å². The number of anilines is 1. The number of carboxylic acids is 1. The third-order valence-electron chi connectivity index (χ3n) is 2.49. The SMILES string of the molecule is CCCN(CC(=O)O)c1ccc(C(=O)NCC)cn1. The Hall–Kier alpha value is -2.11. The predicted octanol–water partition coefficient (Wildman–Crippen LogP) is 1.13. The number of carbonyl (C=O) groups excluding carboxylic acids is 1. The third kappa shape index (κ3) is 4.57. The van der Waals surface area contributed by atoms with Crippen LogP contribution in [0.2, 0.25) is 0 Å². The van der Waals surface area contributed by atoms with Crippen LogP contribution in [0.4, 0.5) is 5.82 Å². The maximum atomic E-state index is 11.6. The first-order chi connectivity index (χ1) is 9.08. The quantitative estimate of drug-likeness (QED) is 0.772. The molecule has 19 heavy (non-hydrogen) atoms. The molecule has 0 bridgehead atoms. The van der Waals surface area contributed by atoms with Gasteiger partial charge < -0.3 is 15.3 Å². The molecule has 104 valence electrons. The molecule has 0 fully saturated rings. The van der Waals surface area contributed by atoms with Crippen LogP contribution < -0.4 is 10.2 Å². The van der Waals surface area contributed by atoms with Crippen molar-refractivity contribution in [3.63, 3.8) is 0 Å². The van der Waals surface area contributed by atoms with E-state index in [2.05, 4.69) is 10.3 Å². The minimum atomic E-state index is -0.900. The highest BCUT2D eigenvalue weighted by molar-refractivity contribution is 5.94. The summed E-state index contributed by atoms with van der Waals surface area (Å²) in [6.07, 6.45) is 2.29. The summed E-state index contributed by atoms with van der Waals surface area (Å²) in [6.45, 7) is 4.89. The summed E-state index contributed by atoms with van der Waals surface area (Å²) in [5, 5.41) is 11.5. The number of carbonyl (C=O) groups is 2. The number of pyridine rings is 1. The number of nitrogens with one attached hydrogen (secondary N) is 1. The average molecular weight is 265 g/mol. The van der Waals surface area contributed by atoms with Crippen LogP contribution in [0.3, 0.4) is 0 Å². The number of carboxylic acid groups (broad SMARTS) is 1. The minimum absolute atomic E-state index is 0.0959. The smallest absolute Gasteiger partial charge is 0.323 e. The van der Waals surface area contributed by atoms with E-state index in [1.807, 2.05) is 13.8 Å². The van der Waals surface area contributed by atoms with Gasteiger partial charge in [0.2, 0.25) is 0 Å². The number of hydrogen-bond acceptors (Lipinski definition) is 4. The molecule has 1 aromatic heterocycles. The zero-order valence-corrected chi connectivity index (χ0v) is 11.2. The first-order valence-corrected chi connectivity index (χ1v) is 6.29. The largest absolute Gasteiger partial charge is 0.480 e. The second-order valence-corrected chi connectivity index (χ2v) is 4.08. The maximum absolute atomic E-state index is 11.6. The Bertz CT molecular complexity index is 431. The zero-order chi connectivity index (χ0) is 14.3. The van der Waals surface area contributed by atoms with E-state index in [4.69, 9.17) is 5.11 Å². The van der Waals surface area contributed by atoms with Gasteiger partial charge in [0.15, 0.2) is 0 Å². The molecule has 1 amide bonds. The third-order valence-corrected chi connectivity index (χ3v) is 2.49. The molecule has 0 unspecified atom stereocenters. The highest BCUT2D eigenvalue weighted by atomic mass is 16.4. The molecule has 2 N–H and O–H groups in total. The van der Waals surface area contributed by atoms with Gasteiger partial charge in [0.1, 0.15) is 12.4 Å². The predicted molar refractivity (Wildman–Crippen MR) is 72.4 cm³/mol. The fraction of sp³-hybridized carbons (Fsp3) is 0.462. The maximum Gasteiger partial charge on any atom is 0.323 e. The number of nitrogens with zero attached hydrogens (tertiary/aromatic N) is 2. The van der Waals surface area contributed by atoms with Gasteiger partial charge >= 0.3 is 5.97 Å². The van der Waals surface area contributed by atoms with E-state index in [0.717, 1.165) is 6.42 Å². The lowest BCUT2D eigenvalue weighted by Gasteiger charge is -2.20. The van der Waals surface area contributed by atoms with E-state index in [-0.39, 0.29) is 12.5 Å². The minimum Gasteiger partial charge on any atom is -0.480 e. The molecule has 0 aromatic carbocycles. The fourth-order valence-electron chi connectivity index (χ4n) is 1.68. The van der Waals surface area contributed by atoms with Crippen molar-refractivity contribution in [2.75, 3.05) is 24.5 Å². The van der Waals surface area contributed by atoms with Gasteiger partial charge in [-0.15, -0.1) is 0 Å². The van der Waals surface area contributed by atoms with Crippen molar-refractivity contribution in [1.82, 2.24) is 10.3 Å². The van der Waals surface area contributed by atoms with Gasteiger partial charge in [0, 0.05) is 19.3 Å². The van der Waals surface area contributed by atoms with Crippen molar-refractivity contribution >= 4 is 17.7 Å². The second-order valence-electron chi connectivity index (χ2n) is 4.08. The van der Waals surface area contributed by atoms with E-state index in [9.17, 15) is 9.59 Å². The first kappa shape index (κ1) is 14.9. The molecule has 0 radical (unpaired) electrons. The normalized spacial score (nSPS) is 10.0. The van der Waals surface area contributed by atoms with Gasteiger partial charge in [-0.2, -0.15) is 0 Å². The van der Waals surface area contributed by atoms with Crippen LogP contribution in [0, 0.1) is 0 Å². The standard InChI is InChI=1S/C13H19N3O3/c1-3-7-16(9-12(17)18)11-6-5-10(8-15-11)13(19)14-4-2/h5-6,8H,3-4,7,9H2,1-2H3,(H,14,19)(H,17,18). The monoisotopic (exact) mass is 265 g/mol. The van der Waals surface area contributed by atoms with Crippen molar-refractivity contribution in [2.45, 2.75) is 20.3 Å². The van der Waals surface area contributed by atoms with E-state index >= 15 is 0 Å². The van der Waals surface area contributed by atoms with Gasteiger partial charge in [-0.25, -0.2) is 4.98 Å². The molecule has 0 saturated carbocycles. The van der Waals surface area contributed by atoms with Crippen molar-refractivity contribution in [3.8, 4) is 0 Å². The molecule has 0 atom stereocenters. The van der Waals surface area contributed by atoms with Crippen LogP contribution >= 0.6 is 0 Å². The number of hydrogen-bond donors (Lipinski definition) is 2. The Morgan fingerprint density at radius 3 is 2.58 bits per heavy atom. The van der Waals surface area contributed by atoms with Gasteiger partial charge in [-0.1, -0.05) is 6.92 Å². The summed E-state index contributed by atoms with van der Waals surface area (Å²) in [4.78, 5) is 28.2. The summed E-state index contributed by atoms with van der Waals surface area (Å²) in [7, 11) is 0. The Labute approximate surface area is 112 Å². The summed E-state index contributed by atoms with van der Waals surface area (Å²) in [5.74, 6) is -0.512. The fourth-order valence-corrected chi connectivity index (χ4v) is 1.68. The van der Waals surface area contributed by atoms with Gasteiger partial charge in [0.25, 0.3) is 5.91 Å². The highest BCUT2D eigenvalue weighted by Crippen LogP contribution is 2.11. The molecule has 0 aliphatic heterocycles. The zero-order valence-electron chi connectivity index (χ0n) is 11.2. The van der Waals surface area contributed by atoms with Gasteiger partial charge in [-0.3, -0.25) is 9.59 Å². The molecule has 1 aromatic rings. The van der Waals surface area contributed by atoms with E-state index in [1.54, 1.807) is 17.0 Å². The summed E-state index contributed by atoms with van der Waals surface area (Å²) in [5.41, 5.74) is 0.470. The Morgan fingerprint density at radius 2 is 2.11 bits per heavy atom. The number of rotatable bonds is 7. The summed E-state index contributed by atoms with van der Waals surface area (Å²) in [6, 6.07) is 3.32. The number of aliphatic carboxylic acids is 1. The lowest BCUT2D eigenvalue weighted by atomic mass is 10.2. The van der Waals surface area contributed by atoms with Crippen molar-refractivity contribution in [2.24, 2.45) is 0 Å². The van der Waals surface area contributed by atoms with Crippen LogP contribution in [0.1, 0.15) is 30.6 Å². The highest BCUT2D eigenvalue weighted by Gasteiger charge is 2.12. The van der Waals surface area contributed by atoms with Crippen molar-refractivity contribution in [1.29, 1.82) is 0 Å². The molecule has 0 aliphatic rings. The van der Waals surface area contributed by atoms with Crippen LogP contribution in [0.25, 0.3) is 0 Å². The second kappa shape index (κ2) is 7.35. The van der Waals surface area contributed by atoms with E-state index in [1.165, 1.54) is 6.20 Å². The van der Waals surface area contributed by atoms with Gasteiger partial charge in [-0.05, 0) is 25.5 Å².